The fourth-order valence-corrected chi connectivity index (χ4v) is 1.98. The minimum absolute atomic E-state index is 0.228. The number of nitrogens with zero attached hydrogens (tertiary/aromatic N) is 2. The predicted octanol–water partition coefficient (Wildman–Crippen LogP) is 0.844. The first kappa shape index (κ1) is 10.6. The number of aromatic nitrogens is 1. The maximum atomic E-state index is 10.8. The summed E-state index contributed by atoms with van der Waals surface area (Å²) >= 11 is 1.06. The lowest BCUT2D eigenvalue weighted by molar-refractivity contribution is 0.0701. The van der Waals surface area contributed by atoms with Gasteiger partial charge in [0, 0.05) is 12.7 Å². The van der Waals surface area contributed by atoms with Crippen molar-refractivity contribution < 1.29 is 9.90 Å². The van der Waals surface area contributed by atoms with Crippen molar-refractivity contribution in [1.82, 2.24) is 15.6 Å². The van der Waals surface area contributed by atoms with E-state index in [-0.39, 0.29) is 4.88 Å². The van der Waals surface area contributed by atoms with Gasteiger partial charge in [-0.15, -0.1) is 0 Å². The summed E-state index contributed by atoms with van der Waals surface area (Å²) in [4.78, 5) is 19.3. The Morgan fingerprint density at radius 1 is 1.69 bits per heavy atom. The van der Waals surface area contributed by atoms with Gasteiger partial charge in [-0.05, 0) is 13.0 Å². The molecule has 1 aliphatic rings. The maximum absolute atomic E-state index is 10.8. The summed E-state index contributed by atoms with van der Waals surface area (Å²) in [6.07, 6.45) is 3.68. The van der Waals surface area contributed by atoms with Crippen LogP contribution in [0.5, 0.6) is 0 Å². The summed E-state index contributed by atoms with van der Waals surface area (Å²) in [5.74, 6) is -0.390. The standard InChI is InChI=1S/C9H10N4O2S/c1-5-6(7(14)15)16-9(12-5)13-8-10-3-2-4-11-8/h2-3H,4H2,1H3,(H,14,15)(H2,10,11,12,13). The molecule has 1 aromatic rings. The minimum atomic E-state index is -0.967. The van der Waals surface area contributed by atoms with E-state index in [9.17, 15) is 4.79 Å². The molecule has 0 atom stereocenters. The van der Waals surface area contributed by atoms with Gasteiger partial charge in [0.1, 0.15) is 4.88 Å². The second-order valence-corrected chi connectivity index (χ2v) is 4.08. The topological polar surface area (TPSA) is 86.6 Å². The van der Waals surface area contributed by atoms with Crippen LogP contribution >= 0.6 is 11.3 Å². The third-order valence-electron chi connectivity index (χ3n) is 1.91. The van der Waals surface area contributed by atoms with Crippen LogP contribution in [-0.2, 0) is 0 Å². The van der Waals surface area contributed by atoms with Gasteiger partial charge >= 0.3 is 5.97 Å². The van der Waals surface area contributed by atoms with Crippen molar-refractivity contribution in [3.63, 3.8) is 0 Å². The summed E-state index contributed by atoms with van der Waals surface area (Å²) in [7, 11) is 0. The number of carboxylic acid groups (broad SMARTS) is 1. The van der Waals surface area contributed by atoms with E-state index in [1.54, 1.807) is 13.1 Å². The van der Waals surface area contributed by atoms with Crippen molar-refractivity contribution in [3.05, 3.63) is 22.8 Å². The van der Waals surface area contributed by atoms with Crippen LogP contribution in [0.25, 0.3) is 0 Å². The molecule has 0 unspecified atom stereocenters. The Morgan fingerprint density at radius 3 is 3.06 bits per heavy atom. The Labute approximate surface area is 95.7 Å². The van der Waals surface area contributed by atoms with Crippen LogP contribution in [0.2, 0.25) is 0 Å². The van der Waals surface area contributed by atoms with Gasteiger partial charge < -0.3 is 15.7 Å². The van der Waals surface area contributed by atoms with E-state index in [4.69, 9.17) is 5.11 Å². The molecule has 3 N–H and O–H groups in total. The Morgan fingerprint density at radius 2 is 2.50 bits per heavy atom. The zero-order valence-electron chi connectivity index (χ0n) is 8.52. The number of hydrogen-bond donors (Lipinski definition) is 3. The first-order chi connectivity index (χ1) is 7.66. The highest BCUT2D eigenvalue weighted by Gasteiger charge is 2.14. The number of thiazole rings is 1. The highest BCUT2D eigenvalue weighted by Crippen LogP contribution is 2.24. The van der Waals surface area contributed by atoms with E-state index in [1.165, 1.54) is 0 Å². The quantitative estimate of drug-likeness (QED) is 0.711. The number of aromatic carboxylic acids is 1. The molecule has 0 spiro atoms. The van der Waals surface area contributed by atoms with Crippen molar-refractivity contribution in [1.29, 1.82) is 0 Å². The molecule has 0 saturated heterocycles. The van der Waals surface area contributed by atoms with Gasteiger partial charge in [-0.25, -0.2) is 9.78 Å². The summed E-state index contributed by atoms with van der Waals surface area (Å²) in [5.41, 5.74) is 0.489. The van der Waals surface area contributed by atoms with Crippen LogP contribution in [-0.4, -0.2) is 28.6 Å². The highest BCUT2D eigenvalue weighted by atomic mass is 32.1. The Bertz CT molecular complexity index is 478. The smallest absolute Gasteiger partial charge is 0.347 e. The third-order valence-corrected chi connectivity index (χ3v) is 2.95. The average Bonchev–Trinajstić information content (AvgIpc) is 2.61. The number of carboxylic acids is 1. The van der Waals surface area contributed by atoms with E-state index in [2.05, 4.69) is 20.6 Å². The lowest BCUT2D eigenvalue weighted by Crippen LogP contribution is -2.37. The summed E-state index contributed by atoms with van der Waals surface area (Å²) < 4.78 is 0. The van der Waals surface area contributed by atoms with Gasteiger partial charge in [0.2, 0.25) is 11.1 Å². The zero-order chi connectivity index (χ0) is 11.5. The van der Waals surface area contributed by atoms with Gasteiger partial charge in [-0.1, -0.05) is 11.3 Å². The van der Waals surface area contributed by atoms with E-state index in [1.807, 2.05) is 6.08 Å². The normalized spacial score (nSPS) is 16.9. The van der Waals surface area contributed by atoms with Gasteiger partial charge in [0.05, 0.1) is 5.69 Å². The summed E-state index contributed by atoms with van der Waals surface area (Å²) in [5, 5.41) is 15.2. The van der Waals surface area contributed by atoms with Gasteiger partial charge in [-0.3, -0.25) is 0 Å². The average molecular weight is 238 g/mol. The predicted molar refractivity (Wildman–Crippen MR) is 61.2 cm³/mol. The monoisotopic (exact) mass is 238 g/mol. The lowest BCUT2D eigenvalue weighted by Gasteiger charge is -2.10. The molecule has 0 aromatic carbocycles. The lowest BCUT2D eigenvalue weighted by atomic mass is 10.4. The molecular formula is C9H10N4O2S. The van der Waals surface area contributed by atoms with E-state index < -0.39 is 5.97 Å². The van der Waals surface area contributed by atoms with Gasteiger partial charge in [0.15, 0.2) is 0 Å². The molecule has 6 nitrogen and oxygen atoms in total. The third kappa shape index (κ3) is 2.19. The molecule has 16 heavy (non-hydrogen) atoms. The largest absolute Gasteiger partial charge is 0.477 e. The molecule has 2 heterocycles. The van der Waals surface area contributed by atoms with Crippen molar-refractivity contribution in [2.75, 3.05) is 6.54 Å². The molecule has 84 valence electrons. The number of guanidine groups is 1. The van der Waals surface area contributed by atoms with Crippen molar-refractivity contribution in [2.45, 2.75) is 6.92 Å². The zero-order valence-corrected chi connectivity index (χ0v) is 9.34. The summed E-state index contributed by atoms with van der Waals surface area (Å²) in [6.45, 7) is 2.35. The number of rotatable bonds is 2. The van der Waals surface area contributed by atoms with Crippen molar-refractivity contribution in [2.24, 2.45) is 4.99 Å². The molecule has 1 aromatic heterocycles. The van der Waals surface area contributed by atoms with Crippen LogP contribution in [0.3, 0.4) is 0 Å². The Kier molecular flexibility index (Phi) is 2.86. The SMILES string of the molecule is Cc1nc(N=C2NC=CCN2)sc1C(=O)O. The number of aliphatic imine (C=N–C) groups is 1. The highest BCUT2D eigenvalue weighted by molar-refractivity contribution is 7.17. The molecule has 0 bridgehead atoms. The maximum Gasteiger partial charge on any atom is 0.347 e. The van der Waals surface area contributed by atoms with E-state index >= 15 is 0 Å². The molecule has 0 saturated carbocycles. The van der Waals surface area contributed by atoms with Gasteiger partial charge in [0.25, 0.3) is 0 Å². The molecule has 0 radical (unpaired) electrons. The molecule has 2 rings (SSSR count). The van der Waals surface area contributed by atoms with Crippen LogP contribution in [0, 0.1) is 6.92 Å². The first-order valence-electron chi connectivity index (χ1n) is 4.61. The number of carbonyl (C=O) groups is 1. The van der Waals surface area contributed by atoms with E-state index in [0.29, 0.717) is 23.3 Å². The van der Waals surface area contributed by atoms with Crippen LogP contribution < -0.4 is 10.6 Å². The van der Waals surface area contributed by atoms with Crippen LogP contribution in [0.1, 0.15) is 15.4 Å². The molecular weight excluding hydrogens is 228 g/mol. The van der Waals surface area contributed by atoms with Gasteiger partial charge in [-0.2, -0.15) is 4.99 Å². The second kappa shape index (κ2) is 4.31. The second-order valence-electron chi connectivity index (χ2n) is 3.10. The number of aryl methyl sites for hydroxylation is 1. The van der Waals surface area contributed by atoms with Crippen LogP contribution in [0.15, 0.2) is 17.3 Å². The van der Waals surface area contributed by atoms with Crippen molar-refractivity contribution >= 4 is 28.4 Å². The van der Waals surface area contributed by atoms with Crippen LogP contribution in [0.4, 0.5) is 5.13 Å². The molecule has 0 aliphatic carbocycles. The minimum Gasteiger partial charge on any atom is -0.477 e. The van der Waals surface area contributed by atoms with E-state index in [0.717, 1.165) is 11.3 Å². The summed E-state index contributed by atoms with van der Waals surface area (Å²) in [6, 6.07) is 0. The number of hydrogen-bond acceptors (Lipinski definition) is 4. The Balaban J connectivity index is 2.25. The fourth-order valence-electron chi connectivity index (χ4n) is 1.20. The first-order valence-corrected chi connectivity index (χ1v) is 5.43. The molecule has 7 heteroatoms. The van der Waals surface area contributed by atoms with Crippen molar-refractivity contribution in [3.8, 4) is 0 Å². The molecule has 0 fully saturated rings. The fraction of sp³-hybridized carbons (Fsp3) is 0.222. The molecule has 1 aliphatic heterocycles. The molecule has 0 amide bonds. The Hall–Kier alpha value is -1.89. The number of nitrogens with one attached hydrogen (secondary N) is 2.